The number of nitrogens with one attached hydrogen (secondary N) is 1. The number of anilines is 1. The van der Waals surface area contributed by atoms with E-state index in [-0.39, 0.29) is 18.6 Å². The van der Waals surface area contributed by atoms with Crippen LogP contribution in [0.3, 0.4) is 0 Å². The second-order valence-corrected chi connectivity index (χ2v) is 5.73. The minimum Gasteiger partial charge on any atom is -0.491 e. The largest absolute Gasteiger partial charge is 0.491 e. The topological polar surface area (TPSA) is 47.6 Å². The van der Waals surface area contributed by atoms with Crippen molar-refractivity contribution in [3.63, 3.8) is 0 Å². The summed E-state index contributed by atoms with van der Waals surface area (Å²) in [4.78, 5) is 12.0. The third-order valence-electron chi connectivity index (χ3n) is 3.42. The monoisotopic (exact) mass is 313 g/mol. The highest BCUT2D eigenvalue weighted by Crippen LogP contribution is 2.21. The zero-order valence-electron chi connectivity index (χ0n) is 14.1. The van der Waals surface area contributed by atoms with E-state index in [0.29, 0.717) is 0 Å². The summed E-state index contributed by atoms with van der Waals surface area (Å²) >= 11 is 0. The van der Waals surface area contributed by atoms with Gasteiger partial charge in [-0.25, -0.2) is 0 Å². The van der Waals surface area contributed by atoms with Gasteiger partial charge >= 0.3 is 0 Å². The van der Waals surface area contributed by atoms with Gasteiger partial charge in [-0.3, -0.25) is 4.79 Å². The van der Waals surface area contributed by atoms with Crippen molar-refractivity contribution >= 4 is 11.6 Å². The molecule has 2 aromatic carbocycles. The Labute approximate surface area is 137 Å². The van der Waals surface area contributed by atoms with Gasteiger partial charge in [-0.1, -0.05) is 12.1 Å². The summed E-state index contributed by atoms with van der Waals surface area (Å²) in [6, 6.07) is 13.1. The summed E-state index contributed by atoms with van der Waals surface area (Å²) in [7, 11) is 0. The summed E-state index contributed by atoms with van der Waals surface area (Å²) in [5.41, 5.74) is 2.91. The molecule has 1 amide bonds. The fourth-order valence-corrected chi connectivity index (χ4v) is 2.11. The molecule has 0 heterocycles. The number of ether oxygens (including phenoxy) is 2. The molecule has 0 fully saturated rings. The van der Waals surface area contributed by atoms with Crippen LogP contribution in [0.2, 0.25) is 0 Å². The average molecular weight is 313 g/mol. The summed E-state index contributed by atoms with van der Waals surface area (Å²) < 4.78 is 11.2. The minimum atomic E-state index is -0.191. The number of carbonyl (C=O) groups excluding carboxylic acids is 1. The molecule has 0 unspecified atom stereocenters. The number of carbonyl (C=O) groups is 1. The lowest BCUT2D eigenvalue weighted by Gasteiger charge is -2.12. The Balaban J connectivity index is 1.88. The number of benzene rings is 2. The van der Waals surface area contributed by atoms with Crippen LogP contribution in [0.5, 0.6) is 11.5 Å². The number of amides is 1. The van der Waals surface area contributed by atoms with E-state index in [1.165, 1.54) is 0 Å². The Kier molecular flexibility index (Phi) is 5.63. The van der Waals surface area contributed by atoms with E-state index in [0.717, 1.165) is 28.3 Å². The van der Waals surface area contributed by atoms with Gasteiger partial charge < -0.3 is 14.8 Å². The standard InChI is InChI=1S/C19H23NO3/c1-13(2)23-17-10-8-16(9-11-17)20-19(21)12-22-18-7-5-6-14(3)15(18)4/h5-11,13H,12H2,1-4H3,(H,20,21). The van der Waals surface area contributed by atoms with Crippen LogP contribution in [0.1, 0.15) is 25.0 Å². The summed E-state index contributed by atoms with van der Waals surface area (Å²) in [6.07, 6.45) is 0.126. The lowest BCUT2D eigenvalue weighted by Crippen LogP contribution is -2.20. The third kappa shape index (κ3) is 5.02. The van der Waals surface area contributed by atoms with Gasteiger partial charge in [0.05, 0.1) is 6.10 Å². The van der Waals surface area contributed by atoms with Crippen molar-refractivity contribution in [2.45, 2.75) is 33.8 Å². The van der Waals surface area contributed by atoms with Gasteiger partial charge in [0.25, 0.3) is 5.91 Å². The van der Waals surface area contributed by atoms with Gasteiger partial charge in [-0.2, -0.15) is 0 Å². The molecule has 23 heavy (non-hydrogen) atoms. The molecule has 0 saturated heterocycles. The Morgan fingerprint density at radius 2 is 1.78 bits per heavy atom. The summed E-state index contributed by atoms with van der Waals surface area (Å²) in [5.74, 6) is 1.33. The molecule has 4 heteroatoms. The fourth-order valence-electron chi connectivity index (χ4n) is 2.11. The highest BCUT2D eigenvalue weighted by atomic mass is 16.5. The van der Waals surface area contributed by atoms with E-state index < -0.39 is 0 Å². The van der Waals surface area contributed by atoms with Gasteiger partial charge in [0.15, 0.2) is 6.61 Å². The molecule has 0 bridgehead atoms. The zero-order valence-corrected chi connectivity index (χ0v) is 14.1. The van der Waals surface area contributed by atoms with Crippen LogP contribution in [0.25, 0.3) is 0 Å². The molecule has 2 rings (SSSR count). The number of hydrogen-bond donors (Lipinski definition) is 1. The van der Waals surface area contributed by atoms with Crippen LogP contribution in [-0.4, -0.2) is 18.6 Å². The van der Waals surface area contributed by atoms with Crippen molar-refractivity contribution in [2.75, 3.05) is 11.9 Å². The quantitative estimate of drug-likeness (QED) is 0.873. The van der Waals surface area contributed by atoms with Crippen molar-refractivity contribution in [3.8, 4) is 11.5 Å². The predicted molar refractivity (Wildman–Crippen MR) is 92.2 cm³/mol. The molecule has 0 saturated carbocycles. The van der Waals surface area contributed by atoms with Gasteiger partial charge in [0, 0.05) is 5.69 Å². The van der Waals surface area contributed by atoms with Gasteiger partial charge in [0.2, 0.25) is 0 Å². The molecule has 122 valence electrons. The molecular weight excluding hydrogens is 290 g/mol. The predicted octanol–water partition coefficient (Wildman–Crippen LogP) is 4.11. The van der Waals surface area contributed by atoms with Gasteiger partial charge in [0.1, 0.15) is 11.5 Å². The van der Waals surface area contributed by atoms with E-state index in [9.17, 15) is 4.79 Å². The Hall–Kier alpha value is -2.49. The SMILES string of the molecule is Cc1cccc(OCC(=O)Nc2ccc(OC(C)C)cc2)c1C. The van der Waals surface area contributed by atoms with Crippen LogP contribution in [0, 0.1) is 13.8 Å². The maximum Gasteiger partial charge on any atom is 0.262 e. The van der Waals surface area contributed by atoms with Crippen molar-refractivity contribution in [2.24, 2.45) is 0 Å². The first-order chi connectivity index (χ1) is 11.0. The molecule has 4 nitrogen and oxygen atoms in total. The molecule has 0 atom stereocenters. The molecule has 0 spiro atoms. The second-order valence-electron chi connectivity index (χ2n) is 5.73. The van der Waals surface area contributed by atoms with Crippen molar-refractivity contribution in [1.29, 1.82) is 0 Å². The highest BCUT2D eigenvalue weighted by molar-refractivity contribution is 5.91. The maximum absolute atomic E-state index is 12.0. The minimum absolute atomic E-state index is 0.0193. The molecule has 1 N–H and O–H groups in total. The van der Waals surface area contributed by atoms with Crippen molar-refractivity contribution in [1.82, 2.24) is 0 Å². The number of hydrogen-bond acceptors (Lipinski definition) is 3. The first-order valence-corrected chi connectivity index (χ1v) is 7.71. The lowest BCUT2D eigenvalue weighted by atomic mass is 10.1. The molecule has 0 aliphatic rings. The van der Waals surface area contributed by atoms with Gasteiger partial charge in [-0.05, 0) is 69.2 Å². The molecule has 0 aliphatic carbocycles. The number of aryl methyl sites for hydroxylation is 1. The van der Waals surface area contributed by atoms with E-state index >= 15 is 0 Å². The molecular formula is C19H23NO3. The molecule has 2 aromatic rings. The van der Waals surface area contributed by atoms with Crippen LogP contribution in [0.4, 0.5) is 5.69 Å². The van der Waals surface area contributed by atoms with Crippen LogP contribution < -0.4 is 14.8 Å². The van der Waals surface area contributed by atoms with Crippen molar-refractivity contribution in [3.05, 3.63) is 53.6 Å². The molecule has 0 aliphatic heterocycles. The fraction of sp³-hybridized carbons (Fsp3) is 0.316. The maximum atomic E-state index is 12.0. The zero-order chi connectivity index (χ0) is 16.8. The summed E-state index contributed by atoms with van der Waals surface area (Å²) in [6.45, 7) is 7.92. The van der Waals surface area contributed by atoms with E-state index in [1.807, 2.05) is 70.2 Å². The number of rotatable bonds is 6. The van der Waals surface area contributed by atoms with Crippen LogP contribution in [0.15, 0.2) is 42.5 Å². The highest BCUT2D eigenvalue weighted by Gasteiger charge is 2.07. The average Bonchev–Trinajstić information content (AvgIpc) is 2.50. The Bertz CT molecular complexity index is 663. The Morgan fingerprint density at radius 1 is 1.09 bits per heavy atom. The van der Waals surface area contributed by atoms with Crippen LogP contribution in [-0.2, 0) is 4.79 Å². The van der Waals surface area contributed by atoms with E-state index in [1.54, 1.807) is 0 Å². The first-order valence-electron chi connectivity index (χ1n) is 7.71. The smallest absolute Gasteiger partial charge is 0.262 e. The summed E-state index contributed by atoms with van der Waals surface area (Å²) in [5, 5.41) is 2.81. The van der Waals surface area contributed by atoms with E-state index in [2.05, 4.69) is 5.32 Å². The second kappa shape index (κ2) is 7.68. The Morgan fingerprint density at radius 3 is 2.43 bits per heavy atom. The first kappa shape index (κ1) is 16.9. The van der Waals surface area contributed by atoms with Gasteiger partial charge in [-0.15, -0.1) is 0 Å². The van der Waals surface area contributed by atoms with E-state index in [4.69, 9.17) is 9.47 Å². The van der Waals surface area contributed by atoms with Crippen LogP contribution >= 0.6 is 0 Å². The molecule has 0 radical (unpaired) electrons. The normalized spacial score (nSPS) is 10.5. The van der Waals surface area contributed by atoms with Crippen molar-refractivity contribution < 1.29 is 14.3 Å². The third-order valence-corrected chi connectivity index (χ3v) is 3.42. The molecule has 0 aromatic heterocycles. The lowest BCUT2D eigenvalue weighted by molar-refractivity contribution is -0.118.